The zero-order chi connectivity index (χ0) is 36.3. The molecule has 0 bridgehead atoms. The van der Waals surface area contributed by atoms with Crippen LogP contribution in [-0.2, 0) is 14.4 Å². The normalized spacial score (nSPS) is 11.8. The van der Waals surface area contributed by atoms with Crippen molar-refractivity contribution in [3.63, 3.8) is 0 Å². The lowest BCUT2D eigenvalue weighted by atomic mass is 10.1. The SMILES string of the molecule is CC(=O)O.CCC=CCC=CCC=CCCCCCCCC(=O)NCCNCCNC(=O)CCCCCCCC=CCC=CCC=CCC. The summed E-state index contributed by atoms with van der Waals surface area (Å²) in [6.07, 6.45) is 48.2. The van der Waals surface area contributed by atoms with Crippen LogP contribution in [0.5, 0.6) is 0 Å². The van der Waals surface area contributed by atoms with Crippen molar-refractivity contribution in [2.75, 3.05) is 26.2 Å². The number of carbonyl (C=O) groups is 3. The quantitative estimate of drug-likeness (QED) is 0.0417. The lowest BCUT2D eigenvalue weighted by Crippen LogP contribution is -2.36. The Hall–Kier alpha value is -3.19. The first kappa shape index (κ1) is 47.9. The maximum Gasteiger partial charge on any atom is 0.300 e. The van der Waals surface area contributed by atoms with E-state index in [2.05, 4.69) is 103 Å². The standard InChI is InChI=1S/C40H69N3O2.C2H4O2/c1-3-5-7-9-11-13-15-17-19-21-23-25-27-29-31-33-39(44)42-37-35-41-36-38-43-40(45)34-32-30-28-26-24-22-20-18-16-14-12-10-8-6-4-2;1-2(3)4/h5-8,11-14,17-20,41H,3-4,9-10,15-16,21-38H2,1-2H3,(H,42,44)(H,43,45);1H3,(H,3,4). The number of carbonyl (C=O) groups excluding carboxylic acids is 2. The lowest BCUT2D eigenvalue weighted by molar-refractivity contribution is -0.134. The number of hydrogen-bond acceptors (Lipinski definition) is 4. The molecule has 0 aromatic heterocycles. The third-order valence-electron chi connectivity index (χ3n) is 7.36. The second kappa shape index (κ2) is 42.8. The molecule has 0 aliphatic carbocycles. The lowest BCUT2D eigenvalue weighted by Gasteiger charge is -2.08. The van der Waals surface area contributed by atoms with Gasteiger partial charge in [0.25, 0.3) is 5.97 Å². The number of aliphatic carboxylic acids is 1. The molecule has 0 fully saturated rings. The van der Waals surface area contributed by atoms with Crippen molar-refractivity contribution < 1.29 is 19.5 Å². The summed E-state index contributed by atoms with van der Waals surface area (Å²) in [5.74, 6) is -0.552. The molecule has 4 N–H and O–H groups in total. The van der Waals surface area contributed by atoms with E-state index in [9.17, 15) is 9.59 Å². The highest BCUT2D eigenvalue weighted by molar-refractivity contribution is 5.76. The molecule has 7 nitrogen and oxygen atoms in total. The molecule has 0 aliphatic rings. The van der Waals surface area contributed by atoms with Crippen LogP contribution in [0.25, 0.3) is 0 Å². The Bertz CT molecular complexity index is 862. The van der Waals surface area contributed by atoms with Crippen LogP contribution in [0, 0.1) is 0 Å². The molecule has 0 radical (unpaired) electrons. The van der Waals surface area contributed by atoms with Gasteiger partial charge in [0, 0.05) is 45.9 Å². The minimum atomic E-state index is -0.833. The summed E-state index contributed by atoms with van der Waals surface area (Å²) in [4.78, 5) is 33.0. The Morgan fingerprint density at radius 2 is 0.755 bits per heavy atom. The zero-order valence-electron chi connectivity index (χ0n) is 31.6. The molecule has 0 atom stereocenters. The number of unbranched alkanes of at least 4 members (excludes halogenated alkanes) is 10. The van der Waals surface area contributed by atoms with Crippen LogP contribution in [-0.4, -0.2) is 49.1 Å². The third kappa shape index (κ3) is 49.3. The van der Waals surface area contributed by atoms with Gasteiger partial charge in [0.15, 0.2) is 0 Å². The first-order valence-corrected chi connectivity index (χ1v) is 19.3. The molecule has 2 amide bonds. The molecule has 0 saturated heterocycles. The smallest absolute Gasteiger partial charge is 0.300 e. The molecule has 0 heterocycles. The summed E-state index contributed by atoms with van der Waals surface area (Å²) in [6.45, 7) is 8.12. The van der Waals surface area contributed by atoms with Crippen molar-refractivity contribution in [2.24, 2.45) is 0 Å². The van der Waals surface area contributed by atoms with Crippen molar-refractivity contribution in [3.05, 3.63) is 72.9 Å². The topological polar surface area (TPSA) is 108 Å². The summed E-state index contributed by atoms with van der Waals surface area (Å²) < 4.78 is 0. The molecule has 7 heteroatoms. The van der Waals surface area contributed by atoms with Gasteiger partial charge in [-0.15, -0.1) is 0 Å². The zero-order valence-corrected chi connectivity index (χ0v) is 31.6. The van der Waals surface area contributed by atoms with Gasteiger partial charge in [-0.3, -0.25) is 14.4 Å². The first-order chi connectivity index (χ1) is 23.9. The largest absolute Gasteiger partial charge is 0.481 e. The molecule has 280 valence electrons. The Morgan fingerprint density at radius 3 is 1.12 bits per heavy atom. The van der Waals surface area contributed by atoms with Gasteiger partial charge in [-0.25, -0.2) is 0 Å². The minimum absolute atomic E-state index is 0.140. The average molecular weight is 684 g/mol. The Labute approximate surface area is 300 Å². The Morgan fingerprint density at radius 1 is 0.449 bits per heavy atom. The minimum Gasteiger partial charge on any atom is -0.481 e. The van der Waals surface area contributed by atoms with Crippen LogP contribution < -0.4 is 16.0 Å². The maximum atomic E-state index is 12.0. The molecule has 49 heavy (non-hydrogen) atoms. The predicted octanol–water partition coefficient (Wildman–Crippen LogP) is 10.1. The van der Waals surface area contributed by atoms with Crippen molar-refractivity contribution in [1.29, 1.82) is 0 Å². The van der Waals surface area contributed by atoms with Gasteiger partial charge in [0.1, 0.15) is 0 Å². The molecule has 0 unspecified atom stereocenters. The predicted molar refractivity (Wildman–Crippen MR) is 211 cm³/mol. The fourth-order valence-electron chi connectivity index (χ4n) is 4.69. The van der Waals surface area contributed by atoms with Crippen LogP contribution >= 0.6 is 0 Å². The van der Waals surface area contributed by atoms with Crippen molar-refractivity contribution >= 4 is 17.8 Å². The molecule has 0 saturated carbocycles. The molecular weight excluding hydrogens is 610 g/mol. The second-order valence-electron chi connectivity index (χ2n) is 12.2. The number of allylic oxidation sites excluding steroid dienone is 12. The second-order valence-corrected chi connectivity index (χ2v) is 12.2. The number of rotatable bonds is 32. The highest BCUT2D eigenvalue weighted by Crippen LogP contribution is 2.09. The number of carboxylic acids is 1. The van der Waals surface area contributed by atoms with Crippen LogP contribution in [0.1, 0.15) is 149 Å². The van der Waals surface area contributed by atoms with Gasteiger partial charge >= 0.3 is 0 Å². The van der Waals surface area contributed by atoms with Gasteiger partial charge < -0.3 is 21.1 Å². The Kier molecular flexibility index (Phi) is 41.9. The summed E-state index contributed by atoms with van der Waals surface area (Å²) in [6, 6.07) is 0. The van der Waals surface area contributed by atoms with Crippen molar-refractivity contribution in [3.8, 4) is 0 Å². The highest BCUT2D eigenvalue weighted by Gasteiger charge is 2.02. The summed E-state index contributed by atoms with van der Waals surface area (Å²) in [5, 5.41) is 16.7. The van der Waals surface area contributed by atoms with E-state index in [0.29, 0.717) is 25.9 Å². The third-order valence-corrected chi connectivity index (χ3v) is 7.36. The van der Waals surface area contributed by atoms with Gasteiger partial charge in [0.05, 0.1) is 0 Å². The van der Waals surface area contributed by atoms with E-state index in [1.54, 1.807) is 0 Å². The molecule has 0 aromatic carbocycles. The van der Waals surface area contributed by atoms with Crippen LogP contribution in [0.4, 0.5) is 0 Å². The van der Waals surface area contributed by atoms with Crippen LogP contribution in [0.3, 0.4) is 0 Å². The van der Waals surface area contributed by atoms with Gasteiger partial charge in [-0.05, 0) is 77.0 Å². The number of hydrogen-bond donors (Lipinski definition) is 4. The summed E-state index contributed by atoms with van der Waals surface area (Å²) in [5.41, 5.74) is 0. The molecule has 0 aromatic rings. The number of nitrogens with one attached hydrogen (secondary N) is 3. The van der Waals surface area contributed by atoms with E-state index in [1.165, 1.54) is 38.5 Å². The van der Waals surface area contributed by atoms with E-state index in [4.69, 9.17) is 9.90 Å². The maximum absolute atomic E-state index is 12.0. The van der Waals surface area contributed by atoms with Crippen molar-refractivity contribution in [1.82, 2.24) is 16.0 Å². The van der Waals surface area contributed by atoms with Crippen LogP contribution in [0.15, 0.2) is 72.9 Å². The summed E-state index contributed by atoms with van der Waals surface area (Å²) in [7, 11) is 0. The van der Waals surface area contributed by atoms with E-state index in [1.807, 2.05) is 0 Å². The van der Waals surface area contributed by atoms with E-state index in [0.717, 1.165) is 97.1 Å². The number of amides is 2. The Balaban J connectivity index is 0. The molecular formula is C42H73N3O4. The van der Waals surface area contributed by atoms with Gasteiger partial charge in [-0.2, -0.15) is 0 Å². The fraction of sp³-hybridized carbons (Fsp3) is 0.643. The van der Waals surface area contributed by atoms with Crippen molar-refractivity contribution in [2.45, 2.75) is 149 Å². The monoisotopic (exact) mass is 684 g/mol. The molecule has 0 spiro atoms. The van der Waals surface area contributed by atoms with Gasteiger partial charge in [0.2, 0.25) is 11.8 Å². The summed E-state index contributed by atoms with van der Waals surface area (Å²) >= 11 is 0. The molecule has 0 rings (SSSR count). The van der Waals surface area contributed by atoms with Gasteiger partial charge in [-0.1, -0.05) is 125 Å². The molecule has 0 aliphatic heterocycles. The highest BCUT2D eigenvalue weighted by atomic mass is 16.4. The fourth-order valence-corrected chi connectivity index (χ4v) is 4.69. The number of carboxylic acid groups (broad SMARTS) is 1. The van der Waals surface area contributed by atoms with E-state index >= 15 is 0 Å². The van der Waals surface area contributed by atoms with E-state index < -0.39 is 5.97 Å². The first-order valence-electron chi connectivity index (χ1n) is 19.3. The van der Waals surface area contributed by atoms with E-state index in [-0.39, 0.29) is 11.8 Å². The average Bonchev–Trinajstić information content (AvgIpc) is 3.07. The van der Waals surface area contributed by atoms with Crippen LogP contribution in [0.2, 0.25) is 0 Å².